The average molecular weight is 370 g/mol. The summed E-state index contributed by atoms with van der Waals surface area (Å²) >= 11 is 9.82. The van der Waals surface area contributed by atoms with Gasteiger partial charge in [-0.15, -0.1) is 0 Å². The van der Waals surface area contributed by atoms with Crippen LogP contribution in [0.1, 0.15) is 39.8 Å². The van der Waals surface area contributed by atoms with Crippen molar-refractivity contribution in [3.63, 3.8) is 0 Å². The summed E-state index contributed by atoms with van der Waals surface area (Å²) in [5, 5.41) is 4.96. The highest BCUT2D eigenvalue weighted by Gasteiger charge is 2.18. The summed E-state index contributed by atoms with van der Waals surface area (Å²) in [4.78, 5) is 12.5. The normalized spacial score (nSPS) is 11.0. The van der Waals surface area contributed by atoms with Crippen LogP contribution < -0.4 is 0 Å². The molecule has 1 aromatic carbocycles. The SMILES string of the molecule is CCc1nn(C)c(CC(=O)c2cc(C)c(Br)c(C)c2)c1Cl. The Morgan fingerprint density at radius 3 is 2.38 bits per heavy atom. The number of nitrogens with zero attached hydrogens (tertiary/aromatic N) is 2. The van der Waals surface area contributed by atoms with Crippen LogP contribution in [0.25, 0.3) is 0 Å². The van der Waals surface area contributed by atoms with Gasteiger partial charge in [0.15, 0.2) is 5.78 Å². The Labute approximate surface area is 138 Å². The van der Waals surface area contributed by atoms with Gasteiger partial charge in [-0.05, 0) is 43.5 Å². The Bertz CT molecular complexity index is 684. The van der Waals surface area contributed by atoms with E-state index in [-0.39, 0.29) is 12.2 Å². The number of halogens is 2. The molecular weight excluding hydrogens is 352 g/mol. The Hall–Kier alpha value is -1.13. The van der Waals surface area contributed by atoms with E-state index < -0.39 is 0 Å². The molecule has 0 aliphatic carbocycles. The van der Waals surface area contributed by atoms with Gasteiger partial charge < -0.3 is 0 Å². The number of aromatic nitrogens is 2. The molecule has 0 radical (unpaired) electrons. The molecular formula is C16H18BrClN2O. The molecule has 2 rings (SSSR count). The number of Topliss-reactive ketones (excluding diaryl/α,β-unsaturated/α-hetero) is 1. The summed E-state index contributed by atoms with van der Waals surface area (Å²) in [7, 11) is 1.83. The van der Waals surface area contributed by atoms with E-state index in [9.17, 15) is 4.79 Å². The fraction of sp³-hybridized carbons (Fsp3) is 0.375. The Balaban J connectivity index is 2.33. The summed E-state index contributed by atoms with van der Waals surface area (Å²) in [5.41, 5.74) is 4.44. The summed E-state index contributed by atoms with van der Waals surface area (Å²) in [6.45, 7) is 5.97. The van der Waals surface area contributed by atoms with E-state index in [1.807, 2.05) is 40.0 Å². The number of aryl methyl sites for hydroxylation is 4. The van der Waals surface area contributed by atoms with Gasteiger partial charge in [-0.2, -0.15) is 5.10 Å². The number of carbonyl (C=O) groups is 1. The van der Waals surface area contributed by atoms with Crippen molar-refractivity contribution in [1.82, 2.24) is 9.78 Å². The summed E-state index contributed by atoms with van der Waals surface area (Å²) < 4.78 is 2.75. The zero-order chi connectivity index (χ0) is 15.7. The van der Waals surface area contributed by atoms with Crippen LogP contribution in [0, 0.1) is 13.8 Å². The first-order chi connectivity index (χ1) is 9.85. The lowest BCUT2D eigenvalue weighted by Gasteiger charge is -2.08. The molecule has 1 aromatic heterocycles. The van der Waals surface area contributed by atoms with Crippen molar-refractivity contribution < 1.29 is 4.79 Å². The third-order valence-corrected chi connectivity index (χ3v) is 5.28. The molecule has 0 saturated carbocycles. The van der Waals surface area contributed by atoms with Gasteiger partial charge in [0, 0.05) is 17.1 Å². The molecule has 0 fully saturated rings. The van der Waals surface area contributed by atoms with Gasteiger partial charge in [0.25, 0.3) is 0 Å². The Morgan fingerprint density at radius 1 is 1.33 bits per heavy atom. The first-order valence-corrected chi connectivity index (χ1v) is 8.02. The zero-order valence-electron chi connectivity index (χ0n) is 12.6. The third-order valence-electron chi connectivity index (χ3n) is 3.59. The van der Waals surface area contributed by atoms with Crippen LogP contribution in [0.4, 0.5) is 0 Å². The van der Waals surface area contributed by atoms with E-state index in [0.29, 0.717) is 10.6 Å². The minimum absolute atomic E-state index is 0.0567. The minimum Gasteiger partial charge on any atom is -0.294 e. The van der Waals surface area contributed by atoms with Gasteiger partial charge in [-0.1, -0.05) is 34.5 Å². The lowest BCUT2D eigenvalue weighted by molar-refractivity contribution is 0.0990. The van der Waals surface area contributed by atoms with Crippen LogP contribution in [-0.4, -0.2) is 15.6 Å². The van der Waals surface area contributed by atoms with E-state index in [4.69, 9.17) is 11.6 Å². The van der Waals surface area contributed by atoms with Crippen LogP contribution in [0.2, 0.25) is 5.02 Å². The van der Waals surface area contributed by atoms with Crippen molar-refractivity contribution in [3.8, 4) is 0 Å². The van der Waals surface area contributed by atoms with Crippen molar-refractivity contribution in [3.05, 3.63) is 49.7 Å². The fourth-order valence-electron chi connectivity index (χ4n) is 2.37. The molecule has 0 amide bonds. The molecule has 112 valence electrons. The molecule has 5 heteroatoms. The molecule has 0 aliphatic heterocycles. The number of hydrogen-bond donors (Lipinski definition) is 0. The molecule has 21 heavy (non-hydrogen) atoms. The van der Waals surface area contributed by atoms with Crippen molar-refractivity contribution in [2.75, 3.05) is 0 Å². The monoisotopic (exact) mass is 368 g/mol. The van der Waals surface area contributed by atoms with E-state index in [0.717, 1.165) is 33.4 Å². The summed E-state index contributed by atoms with van der Waals surface area (Å²) in [6.07, 6.45) is 1.03. The number of carbonyl (C=O) groups excluding carboxylic acids is 1. The van der Waals surface area contributed by atoms with Crippen LogP contribution in [0.15, 0.2) is 16.6 Å². The highest BCUT2D eigenvalue weighted by atomic mass is 79.9. The number of benzene rings is 1. The van der Waals surface area contributed by atoms with E-state index in [1.165, 1.54) is 0 Å². The predicted octanol–water partition coefficient (Wildman–Crippen LogP) is 4.44. The Morgan fingerprint density at radius 2 is 1.90 bits per heavy atom. The zero-order valence-corrected chi connectivity index (χ0v) is 15.0. The van der Waals surface area contributed by atoms with Crippen LogP contribution in [0.3, 0.4) is 0 Å². The molecule has 0 saturated heterocycles. The van der Waals surface area contributed by atoms with Crippen LogP contribution in [0.5, 0.6) is 0 Å². The largest absolute Gasteiger partial charge is 0.294 e. The van der Waals surface area contributed by atoms with E-state index in [2.05, 4.69) is 21.0 Å². The molecule has 0 atom stereocenters. The topological polar surface area (TPSA) is 34.9 Å². The molecule has 0 spiro atoms. The minimum atomic E-state index is 0.0567. The maximum atomic E-state index is 12.5. The first kappa shape index (κ1) is 16.2. The smallest absolute Gasteiger partial charge is 0.168 e. The quantitative estimate of drug-likeness (QED) is 0.747. The lowest BCUT2D eigenvalue weighted by Crippen LogP contribution is -2.09. The predicted molar refractivity (Wildman–Crippen MR) is 89.2 cm³/mol. The third kappa shape index (κ3) is 3.22. The molecule has 1 heterocycles. The second-order valence-corrected chi connectivity index (χ2v) is 6.38. The van der Waals surface area contributed by atoms with Crippen LogP contribution in [-0.2, 0) is 19.9 Å². The number of rotatable bonds is 4. The second kappa shape index (κ2) is 6.32. The maximum Gasteiger partial charge on any atom is 0.168 e. The molecule has 0 aliphatic rings. The van der Waals surface area contributed by atoms with E-state index >= 15 is 0 Å². The summed E-state index contributed by atoms with van der Waals surface area (Å²) in [6, 6.07) is 3.81. The van der Waals surface area contributed by atoms with Crippen molar-refractivity contribution in [1.29, 1.82) is 0 Å². The van der Waals surface area contributed by atoms with Gasteiger partial charge in [-0.3, -0.25) is 9.48 Å². The van der Waals surface area contributed by atoms with Gasteiger partial charge in [0.2, 0.25) is 0 Å². The van der Waals surface area contributed by atoms with E-state index in [1.54, 1.807) is 4.68 Å². The van der Waals surface area contributed by atoms with Gasteiger partial charge in [0.1, 0.15) is 0 Å². The van der Waals surface area contributed by atoms with Gasteiger partial charge in [0.05, 0.1) is 22.8 Å². The van der Waals surface area contributed by atoms with Crippen molar-refractivity contribution >= 4 is 33.3 Å². The van der Waals surface area contributed by atoms with Gasteiger partial charge >= 0.3 is 0 Å². The molecule has 0 unspecified atom stereocenters. The standard InChI is InChI=1S/C16H18BrClN2O/c1-5-12-16(18)13(20(4)19-12)8-14(21)11-6-9(2)15(17)10(3)7-11/h6-7H,5,8H2,1-4H3. The van der Waals surface area contributed by atoms with Gasteiger partial charge in [-0.25, -0.2) is 0 Å². The Kier molecular flexibility index (Phi) is 4.89. The molecule has 0 N–H and O–H groups in total. The summed E-state index contributed by atoms with van der Waals surface area (Å²) in [5.74, 6) is 0.0567. The maximum absolute atomic E-state index is 12.5. The first-order valence-electron chi connectivity index (χ1n) is 6.85. The lowest BCUT2D eigenvalue weighted by atomic mass is 10.0. The molecule has 0 bridgehead atoms. The van der Waals surface area contributed by atoms with Crippen LogP contribution >= 0.6 is 27.5 Å². The highest BCUT2D eigenvalue weighted by molar-refractivity contribution is 9.10. The second-order valence-electron chi connectivity index (χ2n) is 5.21. The highest BCUT2D eigenvalue weighted by Crippen LogP contribution is 2.25. The molecule has 2 aromatic rings. The number of ketones is 1. The van der Waals surface area contributed by atoms with Crippen molar-refractivity contribution in [2.45, 2.75) is 33.6 Å². The van der Waals surface area contributed by atoms with Crippen molar-refractivity contribution in [2.24, 2.45) is 7.05 Å². The average Bonchev–Trinajstić information content (AvgIpc) is 2.71. The fourth-order valence-corrected chi connectivity index (χ4v) is 2.96. The number of hydrogen-bond acceptors (Lipinski definition) is 2. The molecule has 3 nitrogen and oxygen atoms in total.